The predicted molar refractivity (Wildman–Crippen MR) is 62.4 cm³/mol. The number of aliphatic imine (C=N–C) groups is 1. The van der Waals surface area contributed by atoms with Crippen LogP contribution in [0.2, 0.25) is 0 Å². The zero-order valence-corrected chi connectivity index (χ0v) is 9.78. The number of allylic oxidation sites excluding steroid dienone is 1. The molecule has 0 bridgehead atoms. The molecule has 1 aromatic rings. The lowest BCUT2D eigenvalue weighted by molar-refractivity contribution is -0.134. The van der Waals surface area contributed by atoms with E-state index in [1.807, 2.05) is 0 Å². The van der Waals surface area contributed by atoms with Gasteiger partial charge in [0.25, 0.3) is 0 Å². The fourth-order valence-electron chi connectivity index (χ4n) is 1.52. The summed E-state index contributed by atoms with van der Waals surface area (Å²) in [6.07, 6.45) is -4.38. The number of cyclic esters (lactones) is 1. The lowest BCUT2D eigenvalue weighted by Crippen LogP contribution is -2.06. The van der Waals surface area contributed by atoms with Crippen LogP contribution in [0.5, 0.6) is 0 Å². The highest BCUT2D eigenvalue weighted by molar-refractivity contribution is 6.11. The van der Waals surface area contributed by atoms with Crippen molar-refractivity contribution in [1.82, 2.24) is 0 Å². The molecule has 1 aromatic carbocycles. The van der Waals surface area contributed by atoms with E-state index >= 15 is 0 Å². The molecule has 0 spiro atoms. The highest BCUT2D eigenvalue weighted by atomic mass is 19.4. The molecule has 0 N–H and O–H groups in total. The average molecular weight is 269 g/mol. The van der Waals surface area contributed by atoms with E-state index in [4.69, 9.17) is 4.74 Å². The number of benzene rings is 1. The molecule has 0 fully saturated rings. The Hall–Kier alpha value is -2.11. The molecule has 0 amide bonds. The number of hydrogen-bond acceptors (Lipinski definition) is 3. The quantitative estimate of drug-likeness (QED) is 0.624. The van der Waals surface area contributed by atoms with E-state index in [2.05, 4.69) is 4.99 Å². The molecule has 0 aliphatic carbocycles. The zero-order chi connectivity index (χ0) is 13.9. The first-order valence-electron chi connectivity index (χ1n) is 5.59. The molecule has 1 heterocycles. The van der Waals surface area contributed by atoms with Gasteiger partial charge in [-0.05, 0) is 18.6 Å². The van der Waals surface area contributed by atoms with E-state index < -0.39 is 18.6 Å². The number of nitrogens with zero attached hydrogens (tertiary/aromatic N) is 1. The monoisotopic (exact) mass is 269 g/mol. The lowest BCUT2D eigenvalue weighted by Gasteiger charge is -2.01. The van der Waals surface area contributed by atoms with Gasteiger partial charge < -0.3 is 4.74 Å². The molecular weight excluding hydrogens is 259 g/mol. The van der Waals surface area contributed by atoms with Crippen LogP contribution in [0, 0.1) is 0 Å². The number of alkyl halides is 3. The first-order chi connectivity index (χ1) is 8.96. The van der Waals surface area contributed by atoms with Gasteiger partial charge in [-0.3, -0.25) is 0 Å². The van der Waals surface area contributed by atoms with Crippen LogP contribution in [0.25, 0.3) is 0 Å². The fourth-order valence-corrected chi connectivity index (χ4v) is 1.52. The summed E-state index contributed by atoms with van der Waals surface area (Å²) >= 11 is 0. The second-order valence-electron chi connectivity index (χ2n) is 3.92. The topological polar surface area (TPSA) is 38.7 Å². The predicted octanol–water partition coefficient (Wildman–Crippen LogP) is 3.22. The van der Waals surface area contributed by atoms with Crippen molar-refractivity contribution in [2.45, 2.75) is 19.0 Å². The molecule has 1 aliphatic heterocycles. The van der Waals surface area contributed by atoms with Gasteiger partial charge >= 0.3 is 12.1 Å². The molecule has 3 nitrogen and oxygen atoms in total. The van der Waals surface area contributed by atoms with E-state index in [0.29, 0.717) is 5.56 Å². The third-order valence-electron chi connectivity index (χ3n) is 2.41. The van der Waals surface area contributed by atoms with Gasteiger partial charge in [-0.15, -0.1) is 0 Å². The SMILES string of the molecule is O=C1OC(c2ccccc2)=N/C1=C/CCC(F)(F)F. The smallest absolute Gasteiger partial charge is 0.389 e. The number of hydrogen-bond donors (Lipinski definition) is 0. The second-order valence-corrected chi connectivity index (χ2v) is 3.92. The van der Waals surface area contributed by atoms with E-state index in [1.54, 1.807) is 30.3 Å². The minimum absolute atomic E-state index is 0.0805. The number of ether oxygens (including phenoxy) is 1. The normalized spacial score (nSPS) is 17.5. The molecule has 6 heteroatoms. The summed E-state index contributed by atoms with van der Waals surface area (Å²) < 4.78 is 40.9. The van der Waals surface area contributed by atoms with Crippen LogP contribution >= 0.6 is 0 Å². The van der Waals surface area contributed by atoms with Gasteiger partial charge in [0.1, 0.15) is 5.70 Å². The van der Waals surface area contributed by atoms with Crippen LogP contribution in [0.15, 0.2) is 47.1 Å². The Morgan fingerprint density at radius 3 is 2.53 bits per heavy atom. The summed E-state index contributed by atoms with van der Waals surface area (Å²) in [5.41, 5.74) is 0.526. The van der Waals surface area contributed by atoms with E-state index in [-0.39, 0.29) is 18.0 Å². The average Bonchev–Trinajstić information content (AvgIpc) is 2.71. The molecular formula is C13H10F3NO2. The second kappa shape index (κ2) is 5.26. The summed E-state index contributed by atoms with van der Waals surface area (Å²) in [5, 5.41) is 0. The van der Waals surface area contributed by atoms with Gasteiger partial charge in [-0.25, -0.2) is 9.79 Å². The van der Waals surface area contributed by atoms with E-state index in [1.165, 1.54) is 0 Å². The van der Waals surface area contributed by atoms with E-state index in [0.717, 1.165) is 6.08 Å². The highest BCUT2D eigenvalue weighted by Crippen LogP contribution is 2.23. The van der Waals surface area contributed by atoms with Crippen LogP contribution in [0.4, 0.5) is 13.2 Å². The van der Waals surface area contributed by atoms with Crippen molar-refractivity contribution >= 4 is 11.9 Å². The standard InChI is InChI=1S/C13H10F3NO2/c14-13(15,16)8-4-7-10-12(18)19-11(17-10)9-5-2-1-3-6-9/h1-3,5-7H,4,8H2/b10-7+. The van der Waals surface area contributed by atoms with Gasteiger partial charge in [0.15, 0.2) is 0 Å². The number of carbonyl (C=O) groups excluding carboxylic acids is 1. The molecule has 0 aromatic heterocycles. The molecule has 19 heavy (non-hydrogen) atoms. The number of carbonyl (C=O) groups is 1. The lowest BCUT2D eigenvalue weighted by atomic mass is 10.2. The molecule has 0 unspecified atom stereocenters. The Morgan fingerprint density at radius 2 is 1.89 bits per heavy atom. The zero-order valence-electron chi connectivity index (χ0n) is 9.78. The van der Waals surface area contributed by atoms with Crippen molar-refractivity contribution in [1.29, 1.82) is 0 Å². The molecule has 1 aliphatic rings. The summed E-state index contributed by atoms with van der Waals surface area (Å²) in [4.78, 5) is 15.3. The van der Waals surface area contributed by atoms with Crippen LogP contribution < -0.4 is 0 Å². The largest absolute Gasteiger partial charge is 0.402 e. The Bertz CT molecular complexity index is 533. The highest BCUT2D eigenvalue weighted by Gasteiger charge is 2.27. The third kappa shape index (κ3) is 3.67. The first-order valence-corrected chi connectivity index (χ1v) is 5.59. The fraction of sp³-hybridized carbons (Fsp3) is 0.231. The van der Waals surface area contributed by atoms with Gasteiger partial charge in [-0.1, -0.05) is 24.3 Å². The summed E-state index contributed by atoms with van der Waals surface area (Å²) in [5.74, 6) is -0.607. The summed E-state index contributed by atoms with van der Waals surface area (Å²) in [6, 6.07) is 8.69. The van der Waals surface area contributed by atoms with Crippen molar-refractivity contribution in [3.05, 3.63) is 47.7 Å². The van der Waals surface area contributed by atoms with Gasteiger partial charge in [0.05, 0.1) is 0 Å². The molecule has 0 atom stereocenters. The maximum atomic E-state index is 12.0. The molecule has 0 saturated heterocycles. The van der Waals surface area contributed by atoms with Gasteiger partial charge in [-0.2, -0.15) is 13.2 Å². The van der Waals surface area contributed by atoms with Crippen molar-refractivity contribution < 1.29 is 22.7 Å². The summed E-state index contributed by atoms with van der Waals surface area (Å²) in [7, 11) is 0. The summed E-state index contributed by atoms with van der Waals surface area (Å²) in [6.45, 7) is 0. The maximum absolute atomic E-state index is 12.0. The minimum atomic E-state index is -4.24. The van der Waals surface area contributed by atoms with E-state index in [9.17, 15) is 18.0 Å². The van der Waals surface area contributed by atoms with Gasteiger partial charge in [0.2, 0.25) is 5.90 Å². The molecule has 0 saturated carbocycles. The third-order valence-corrected chi connectivity index (χ3v) is 2.41. The first kappa shape index (κ1) is 13.3. The van der Waals surface area contributed by atoms with Crippen LogP contribution in [-0.4, -0.2) is 18.0 Å². The van der Waals surface area contributed by atoms with Crippen LogP contribution in [0.1, 0.15) is 18.4 Å². The number of esters is 1. The van der Waals surface area contributed by atoms with Crippen molar-refractivity contribution in [3.63, 3.8) is 0 Å². The maximum Gasteiger partial charge on any atom is 0.389 e. The minimum Gasteiger partial charge on any atom is -0.402 e. The number of halogens is 3. The molecule has 100 valence electrons. The molecule has 2 rings (SSSR count). The Kier molecular flexibility index (Phi) is 3.69. The number of rotatable bonds is 3. The van der Waals surface area contributed by atoms with Crippen LogP contribution in [0.3, 0.4) is 0 Å². The Labute approximate surface area is 107 Å². The van der Waals surface area contributed by atoms with Crippen molar-refractivity contribution in [2.24, 2.45) is 4.99 Å². The van der Waals surface area contributed by atoms with Gasteiger partial charge in [0, 0.05) is 12.0 Å². The Morgan fingerprint density at radius 1 is 1.21 bits per heavy atom. The Balaban J connectivity index is 2.09. The van der Waals surface area contributed by atoms with Crippen molar-refractivity contribution in [3.8, 4) is 0 Å². The molecule has 0 radical (unpaired) electrons. The van der Waals surface area contributed by atoms with Crippen molar-refractivity contribution in [2.75, 3.05) is 0 Å². The van der Waals surface area contributed by atoms with Crippen LogP contribution in [-0.2, 0) is 9.53 Å².